The van der Waals surface area contributed by atoms with Crippen molar-refractivity contribution in [2.24, 2.45) is 0 Å². The SMILES string of the molecule is Cc1cccc(CC(=O)Cc2ccc(Cl)cc2)c1. The molecule has 0 aromatic heterocycles. The number of benzene rings is 2. The van der Waals surface area contributed by atoms with Crippen molar-refractivity contribution in [3.8, 4) is 0 Å². The summed E-state index contributed by atoms with van der Waals surface area (Å²) in [6, 6.07) is 15.5. The minimum Gasteiger partial charge on any atom is -0.299 e. The summed E-state index contributed by atoms with van der Waals surface area (Å²) in [5, 5.41) is 0.699. The van der Waals surface area contributed by atoms with Crippen LogP contribution in [0.3, 0.4) is 0 Å². The van der Waals surface area contributed by atoms with E-state index in [0.29, 0.717) is 17.9 Å². The fraction of sp³-hybridized carbons (Fsp3) is 0.188. The van der Waals surface area contributed by atoms with E-state index in [1.54, 1.807) is 0 Å². The van der Waals surface area contributed by atoms with Crippen LogP contribution in [0.1, 0.15) is 16.7 Å². The predicted octanol–water partition coefficient (Wildman–Crippen LogP) is 4.00. The van der Waals surface area contributed by atoms with E-state index in [2.05, 4.69) is 6.07 Å². The third-order valence-corrected chi connectivity index (χ3v) is 3.05. The van der Waals surface area contributed by atoms with Crippen LogP contribution in [0.25, 0.3) is 0 Å². The lowest BCUT2D eigenvalue weighted by molar-refractivity contribution is -0.117. The van der Waals surface area contributed by atoms with Gasteiger partial charge in [-0.25, -0.2) is 0 Å². The molecule has 2 heteroatoms. The summed E-state index contributed by atoms with van der Waals surface area (Å²) in [5.74, 6) is 0.225. The minimum absolute atomic E-state index is 0.225. The molecule has 0 atom stereocenters. The molecule has 0 unspecified atom stereocenters. The molecule has 1 nitrogen and oxygen atoms in total. The molecular formula is C16H15ClO. The van der Waals surface area contributed by atoms with Crippen molar-refractivity contribution in [3.05, 3.63) is 70.2 Å². The van der Waals surface area contributed by atoms with Crippen molar-refractivity contribution < 1.29 is 4.79 Å². The second-order valence-corrected chi connectivity index (χ2v) is 4.94. The van der Waals surface area contributed by atoms with Gasteiger partial charge in [0.25, 0.3) is 0 Å². The normalized spacial score (nSPS) is 10.3. The Morgan fingerprint density at radius 3 is 2.33 bits per heavy atom. The van der Waals surface area contributed by atoms with E-state index < -0.39 is 0 Å². The molecule has 0 saturated heterocycles. The molecule has 0 radical (unpaired) electrons. The molecule has 0 fully saturated rings. The lowest BCUT2D eigenvalue weighted by Crippen LogP contribution is -2.06. The molecule has 0 aliphatic heterocycles. The van der Waals surface area contributed by atoms with Gasteiger partial charge in [-0.1, -0.05) is 53.6 Å². The average molecular weight is 259 g/mol. The maximum Gasteiger partial charge on any atom is 0.141 e. The number of Topliss-reactive ketones (excluding diaryl/α,β-unsaturated/α-hetero) is 1. The van der Waals surface area contributed by atoms with Crippen LogP contribution in [0.5, 0.6) is 0 Å². The Morgan fingerprint density at radius 1 is 1.00 bits per heavy atom. The number of rotatable bonds is 4. The largest absolute Gasteiger partial charge is 0.299 e. The fourth-order valence-corrected chi connectivity index (χ4v) is 2.07. The van der Waals surface area contributed by atoms with Gasteiger partial charge in [-0.05, 0) is 30.2 Å². The highest BCUT2D eigenvalue weighted by atomic mass is 35.5. The third-order valence-electron chi connectivity index (χ3n) is 2.80. The summed E-state index contributed by atoms with van der Waals surface area (Å²) in [7, 11) is 0. The van der Waals surface area contributed by atoms with Crippen molar-refractivity contribution in [1.29, 1.82) is 0 Å². The first kappa shape index (κ1) is 12.8. The summed E-state index contributed by atoms with van der Waals surface area (Å²) in [6.07, 6.45) is 0.954. The number of ketones is 1. The highest BCUT2D eigenvalue weighted by molar-refractivity contribution is 6.30. The number of carbonyl (C=O) groups is 1. The van der Waals surface area contributed by atoms with Gasteiger partial charge in [0.2, 0.25) is 0 Å². The van der Waals surface area contributed by atoms with Gasteiger partial charge in [0, 0.05) is 17.9 Å². The van der Waals surface area contributed by atoms with Crippen molar-refractivity contribution in [2.45, 2.75) is 19.8 Å². The van der Waals surface area contributed by atoms with Crippen LogP contribution in [-0.4, -0.2) is 5.78 Å². The Hall–Kier alpha value is -1.60. The fourth-order valence-electron chi connectivity index (χ4n) is 1.94. The Balaban J connectivity index is 1.98. The number of carbonyl (C=O) groups excluding carboxylic acids is 1. The maximum atomic E-state index is 11.9. The van der Waals surface area contributed by atoms with Crippen molar-refractivity contribution in [2.75, 3.05) is 0 Å². The third kappa shape index (κ3) is 3.71. The second-order valence-electron chi connectivity index (χ2n) is 4.51. The van der Waals surface area contributed by atoms with Crippen molar-refractivity contribution in [1.82, 2.24) is 0 Å². The molecule has 0 heterocycles. The van der Waals surface area contributed by atoms with Crippen LogP contribution >= 0.6 is 11.6 Å². The Morgan fingerprint density at radius 2 is 1.67 bits per heavy atom. The van der Waals surface area contributed by atoms with Gasteiger partial charge in [0.05, 0.1) is 0 Å². The summed E-state index contributed by atoms with van der Waals surface area (Å²) in [6.45, 7) is 2.03. The van der Waals surface area contributed by atoms with Gasteiger partial charge >= 0.3 is 0 Å². The monoisotopic (exact) mass is 258 g/mol. The van der Waals surface area contributed by atoms with Crippen LogP contribution in [0.15, 0.2) is 48.5 Å². The summed E-state index contributed by atoms with van der Waals surface area (Å²) in [4.78, 5) is 11.9. The Bertz CT molecular complexity index is 543. The van der Waals surface area contributed by atoms with Gasteiger partial charge in [-0.3, -0.25) is 4.79 Å². The van der Waals surface area contributed by atoms with E-state index in [0.717, 1.165) is 11.1 Å². The summed E-state index contributed by atoms with van der Waals surface area (Å²) >= 11 is 5.81. The van der Waals surface area contributed by atoms with Crippen LogP contribution in [0.4, 0.5) is 0 Å². The first-order valence-corrected chi connectivity index (χ1v) is 6.33. The van der Waals surface area contributed by atoms with Gasteiger partial charge in [-0.15, -0.1) is 0 Å². The van der Waals surface area contributed by atoms with E-state index in [1.165, 1.54) is 5.56 Å². The molecule has 2 aromatic rings. The quantitative estimate of drug-likeness (QED) is 0.810. The zero-order valence-corrected chi connectivity index (χ0v) is 11.1. The zero-order valence-electron chi connectivity index (χ0n) is 10.3. The lowest BCUT2D eigenvalue weighted by Gasteiger charge is -2.03. The number of aryl methyl sites for hydroxylation is 1. The highest BCUT2D eigenvalue weighted by Crippen LogP contribution is 2.12. The second kappa shape index (κ2) is 5.83. The highest BCUT2D eigenvalue weighted by Gasteiger charge is 2.05. The number of hydrogen-bond donors (Lipinski definition) is 0. The molecule has 18 heavy (non-hydrogen) atoms. The average Bonchev–Trinajstić information content (AvgIpc) is 2.32. The van der Waals surface area contributed by atoms with Gasteiger partial charge < -0.3 is 0 Å². The number of halogens is 1. The lowest BCUT2D eigenvalue weighted by atomic mass is 10.0. The van der Waals surface area contributed by atoms with Crippen molar-refractivity contribution >= 4 is 17.4 Å². The summed E-state index contributed by atoms with van der Waals surface area (Å²) in [5.41, 5.74) is 3.28. The molecule has 0 N–H and O–H groups in total. The first-order valence-electron chi connectivity index (χ1n) is 5.95. The van der Waals surface area contributed by atoms with Crippen LogP contribution in [0.2, 0.25) is 5.02 Å². The standard InChI is InChI=1S/C16H15ClO/c1-12-3-2-4-14(9-12)11-16(18)10-13-5-7-15(17)8-6-13/h2-9H,10-11H2,1H3. The molecular weight excluding hydrogens is 244 g/mol. The molecule has 0 aliphatic carbocycles. The van der Waals surface area contributed by atoms with E-state index in [-0.39, 0.29) is 5.78 Å². The molecule has 2 rings (SSSR count). The molecule has 0 aliphatic rings. The van der Waals surface area contributed by atoms with E-state index in [9.17, 15) is 4.79 Å². The molecule has 0 saturated carbocycles. The van der Waals surface area contributed by atoms with E-state index >= 15 is 0 Å². The van der Waals surface area contributed by atoms with Gasteiger partial charge in [-0.2, -0.15) is 0 Å². The molecule has 0 amide bonds. The van der Waals surface area contributed by atoms with Crippen LogP contribution < -0.4 is 0 Å². The smallest absolute Gasteiger partial charge is 0.141 e. The van der Waals surface area contributed by atoms with Crippen LogP contribution in [0, 0.1) is 6.92 Å². The molecule has 0 spiro atoms. The first-order chi connectivity index (χ1) is 8.63. The molecule has 92 valence electrons. The summed E-state index contributed by atoms with van der Waals surface area (Å²) < 4.78 is 0. The molecule has 0 bridgehead atoms. The van der Waals surface area contributed by atoms with Crippen LogP contribution in [-0.2, 0) is 17.6 Å². The zero-order chi connectivity index (χ0) is 13.0. The maximum absolute atomic E-state index is 11.9. The topological polar surface area (TPSA) is 17.1 Å². The number of hydrogen-bond acceptors (Lipinski definition) is 1. The predicted molar refractivity (Wildman–Crippen MR) is 75.0 cm³/mol. The van der Waals surface area contributed by atoms with E-state index in [4.69, 9.17) is 11.6 Å². The van der Waals surface area contributed by atoms with Gasteiger partial charge in [0.15, 0.2) is 0 Å². The van der Waals surface area contributed by atoms with Gasteiger partial charge in [0.1, 0.15) is 5.78 Å². The van der Waals surface area contributed by atoms with E-state index in [1.807, 2.05) is 49.4 Å². The Labute approximate surface area is 112 Å². The van der Waals surface area contributed by atoms with Crippen molar-refractivity contribution in [3.63, 3.8) is 0 Å². The minimum atomic E-state index is 0.225. The Kier molecular flexibility index (Phi) is 4.16. The molecule has 2 aromatic carbocycles.